The van der Waals surface area contributed by atoms with Crippen molar-refractivity contribution in [2.24, 2.45) is 0 Å². The second-order valence-electron chi connectivity index (χ2n) is 3.66. The van der Waals surface area contributed by atoms with Crippen LogP contribution in [0.2, 0.25) is 0 Å². The van der Waals surface area contributed by atoms with E-state index >= 15 is 0 Å². The molecule has 2 N–H and O–H groups in total. The molecule has 98 valence electrons. The van der Waals surface area contributed by atoms with Crippen LogP contribution < -0.4 is 5.73 Å². The minimum Gasteiger partial charge on any atom is -0.462 e. The van der Waals surface area contributed by atoms with Gasteiger partial charge in [-0.15, -0.1) is 0 Å². The van der Waals surface area contributed by atoms with E-state index in [1.54, 1.807) is 32.9 Å². The molecule has 0 aromatic heterocycles. The minimum absolute atomic E-state index is 0.0790. The van der Waals surface area contributed by atoms with Crippen molar-refractivity contribution in [1.29, 1.82) is 0 Å². The SMILES string of the molecule is CCOC(=O)c1c(C)ccc(N)c1C(=O)OCC. The topological polar surface area (TPSA) is 78.6 Å². The molecule has 0 aliphatic carbocycles. The van der Waals surface area contributed by atoms with Crippen LogP contribution in [-0.4, -0.2) is 25.2 Å². The highest BCUT2D eigenvalue weighted by Crippen LogP contribution is 2.23. The maximum absolute atomic E-state index is 11.9. The Morgan fingerprint density at radius 2 is 1.56 bits per heavy atom. The number of nitrogens with two attached hydrogens (primary N) is 1. The Labute approximate surface area is 106 Å². The second kappa shape index (κ2) is 6.05. The number of hydrogen-bond acceptors (Lipinski definition) is 5. The number of nitrogen functional groups attached to an aromatic ring is 1. The summed E-state index contributed by atoms with van der Waals surface area (Å²) in [4.78, 5) is 23.7. The number of aryl methyl sites for hydroxylation is 1. The maximum atomic E-state index is 11.9. The summed E-state index contributed by atoms with van der Waals surface area (Å²) in [6.45, 7) is 5.55. The summed E-state index contributed by atoms with van der Waals surface area (Å²) in [7, 11) is 0. The van der Waals surface area contributed by atoms with Gasteiger partial charge in [0.05, 0.1) is 24.3 Å². The normalized spacial score (nSPS) is 9.94. The van der Waals surface area contributed by atoms with Gasteiger partial charge in [-0.25, -0.2) is 9.59 Å². The van der Waals surface area contributed by atoms with Crippen LogP contribution in [-0.2, 0) is 9.47 Å². The fraction of sp³-hybridized carbons (Fsp3) is 0.385. The first-order valence-corrected chi connectivity index (χ1v) is 5.76. The fourth-order valence-electron chi connectivity index (χ4n) is 1.61. The lowest BCUT2D eigenvalue weighted by molar-refractivity contribution is 0.0479. The zero-order chi connectivity index (χ0) is 13.7. The van der Waals surface area contributed by atoms with Gasteiger partial charge >= 0.3 is 11.9 Å². The van der Waals surface area contributed by atoms with Crippen molar-refractivity contribution in [1.82, 2.24) is 0 Å². The van der Waals surface area contributed by atoms with E-state index in [0.29, 0.717) is 5.56 Å². The molecule has 1 aromatic rings. The average molecular weight is 251 g/mol. The van der Waals surface area contributed by atoms with Crippen LogP contribution in [0.4, 0.5) is 5.69 Å². The van der Waals surface area contributed by atoms with Crippen molar-refractivity contribution in [3.8, 4) is 0 Å². The predicted octanol–water partition coefficient (Wildman–Crippen LogP) is 1.93. The average Bonchev–Trinajstić information content (AvgIpc) is 2.32. The first-order chi connectivity index (χ1) is 8.52. The van der Waals surface area contributed by atoms with Crippen LogP contribution >= 0.6 is 0 Å². The first-order valence-electron chi connectivity index (χ1n) is 5.76. The molecular weight excluding hydrogens is 234 g/mol. The number of benzene rings is 1. The molecule has 0 atom stereocenters. The number of rotatable bonds is 4. The van der Waals surface area contributed by atoms with E-state index in [9.17, 15) is 9.59 Å². The van der Waals surface area contributed by atoms with Crippen LogP contribution in [0.15, 0.2) is 12.1 Å². The molecule has 0 saturated carbocycles. The quantitative estimate of drug-likeness (QED) is 0.653. The fourth-order valence-corrected chi connectivity index (χ4v) is 1.61. The van der Waals surface area contributed by atoms with Crippen molar-refractivity contribution in [2.75, 3.05) is 18.9 Å². The summed E-state index contributed by atoms with van der Waals surface area (Å²) >= 11 is 0. The molecule has 18 heavy (non-hydrogen) atoms. The zero-order valence-corrected chi connectivity index (χ0v) is 10.8. The summed E-state index contributed by atoms with van der Waals surface area (Å²) in [5.74, 6) is -1.17. The van der Waals surface area contributed by atoms with Gasteiger partial charge in [0.1, 0.15) is 0 Å². The van der Waals surface area contributed by atoms with Gasteiger partial charge < -0.3 is 15.2 Å². The van der Waals surface area contributed by atoms with Crippen molar-refractivity contribution in [3.05, 3.63) is 28.8 Å². The van der Waals surface area contributed by atoms with Gasteiger partial charge in [0, 0.05) is 5.69 Å². The Morgan fingerprint density at radius 1 is 1.06 bits per heavy atom. The Morgan fingerprint density at radius 3 is 2.06 bits per heavy atom. The summed E-state index contributed by atoms with van der Waals surface area (Å²) in [5, 5.41) is 0. The molecule has 0 bridgehead atoms. The number of carbonyl (C=O) groups excluding carboxylic acids is 2. The Hall–Kier alpha value is -2.04. The van der Waals surface area contributed by atoms with E-state index < -0.39 is 11.9 Å². The van der Waals surface area contributed by atoms with E-state index in [1.807, 2.05) is 0 Å². The van der Waals surface area contributed by atoms with Crippen molar-refractivity contribution in [3.63, 3.8) is 0 Å². The smallest absolute Gasteiger partial charge is 0.341 e. The number of ether oxygens (including phenoxy) is 2. The van der Waals surface area contributed by atoms with Gasteiger partial charge in [0.25, 0.3) is 0 Å². The molecule has 1 rings (SSSR count). The van der Waals surface area contributed by atoms with Crippen LogP contribution in [0.25, 0.3) is 0 Å². The lowest BCUT2D eigenvalue weighted by Crippen LogP contribution is -2.17. The molecular formula is C13H17NO4. The summed E-state index contributed by atoms with van der Waals surface area (Å²) in [5.41, 5.74) is 6.84. The molecule has 5 heteroatoms. The molecule has 0 spiro atoms. The minimum atomic E-state index is -0.609. The largest absolute Gasteiger partial charge is 0.462 e. The van der Waals surface area contributed by atoms with Gasteiger partial charge in [-0.3, -0.25) is 0 Å². The number of esters is 2. The molecule has 0 radical (unpaired) electrons. The zero-order valence-electron chi connectivity index (χ0n) is 10.8. The molecule has 1 aromatic carbocycles. The first kappa shape index (κ1) is 14.0. The number of hydrogen-bond donors (Lipinski definition) is 1. The summed E-state index contributed by atoms with van der Waals surface area (Å²) in [6.07, 6.45) is 0. The molecule has 0 amide bonds. The third kappa shape index (κ3) is 2.80. The highest BCUT2D eigenvalue weighted by atomic mass is 16.5. The van der Waals surface area contributed by atoms with Gasteiger partial charge in [-0.1, -0.05) is 6.07 Å². The lowest BCUT2D eigenvalue weighted by atomic mass is 10.00. The lowest BCUT2D eigenvalue weighted by Gasteiger charge is -2.13. The van der Waals surface area contributed by atoms with Crippen molar-refractivity contribution < 1.29 is 19.1 Å². The highest BCUT2D eigenvalue weighted by molar-refractivity contribution is 6.07. The molecule has 0 unspecified atom stereocenters. The van der Waals surface area contributed by atoms with E-state index in [2.05, 4.69) is 0 Å². The van der Waals surface area contributed by atoms with Crippen molar-refractivity contribution in [2.45, 2.75) is 20.8 Å². The molecule has 0 aliphatic rings. The van der Waals surface area contributed by atoms with Crippen LogP contribution in [0.3, 0.4) is 0 Å². The number of carbonyl (C=O) groups is 2. The molecule has 5 nitrogen and oxygen atoms in total. The van der Waals surface area contributed by atoms with Gasteiger partial charge in [-0.2, -0.15) is 0 Å². The molecule has 0 fully saturated rings. The number of anilines is 1. The van der Waals surface area contributed by atoms with Crippen molar-refractivity contribution >= 4 is 17.6 Å². The van der Waals surface area contributed by atoms with Crippen LogP contribution in [0.5, 0.6) is 0 Å². The molecule has 0 saturated heterocycles. The van der Waals surface area contributed by atoms with E-state index in [1.165, 1.54) is 0 Å². The Bertz CT molecular complexity index is 425. The Balaban J connectivity index is 3.33. The van der Waals surface area contributed by atoms with Crippen LogP contribution in [0.1, 0.15) is 40.1 Å². The summed E-state index contributed by atoms with van der Waals surface area (Å²) in [6, 6.07) is 3.24. The third-order valence-electron chi connectivity index (χ3n) is 2.41. The van der Waals surface area contributed by atoms with Crippen LogP contribution in [0, 0.1) is 6.92 Å². The standard InChI is InChI=1S/C13H17NO4/c1-4-17-12(15)10-8(3)6-7-9(14)11(10)13(16)18-5-2/h6-7H,4-5,14H2,1-3H3. The third-order valence-corrected chi connectivity index (χ3v) is 2.41. The molecule has 0 aliphatic heterocycles. The monoisotopic (exact) mass is 251 g/mol. The maximum Gasteiger partial charge on any atom is 0.341 e. The van der Waals surface area contributed by atoms with Gasteiger partial charge in [0.15, 0.2) is 0 Å². The van der Waals surface area contributed by atoms with E-state index in [0.717, 1.165) is 0 Å². The summed E-state index contributed by atoms with van der Waals surface area (Å²) < 4.78 is 9.84. The van der Waals surface area contributed by atoms with E-state index in [-0.39, 0.29) is 30.0 Å². The predicted molar refractivity (Wildman–Crippen MR) is 67.5 cm³/mol. The molecule has 0 heterocycles. The highest BCUT2D eigenvalue weighted by Gasteiger charge is 2.24. The Kier molecular flexibility index (Phi) is 4.71. The van der Waals surface area contributed by atoms with Gasteiger partial charge in [-0.05, 0) is 32.4 Å². The van der Waals surface area contributed by atoms with E-state index in [4.69, 9.17) is 15.2 Å². The van der Waals surface area contributed by atoms with Gasteiger partial charge in [0.2, 0.25) is 0 Å². The second-order valence-corrected chi connectivity index (χ2v) is 3.66.